The number of ether oxygens (including phenoxy) is 2. The Hall–Kier alpha value is -1.37. The van der Waals surface area contributed by atoms with Gasteiger partial charge in [0.1, 0.15) is 5.75 Å². The minimum atomic E-state index is -1.52. The van der Waals surface area contributed by atoms with E-state index in [-0.39, 0.29) is 12.2 Å². The van der Waals surface area contributed by atoms with Crippen LogP contribution in [0.4, 0.5) is 0 Å². The van der Waals surface area contributed by atoms with E-state index in [1.807, 2.05) is 7.11 Å². The fourth-order valence-electron chi connectivity index (χ4n) is 5.31. The summed E-state index contributed by atoms with van der Waals surface area (Å²) in [7, 11) is -1.18. The quantitative estimate of drug-likeness (QED) is 0.603. The molecule has 2 nitrogen and oxygen atoms in total. The third-order valence-corrected chi connectivity index (χ3v) is 11.1. The lowest BCUT2D eigenvalue weighted by atomic mass is 9.79. The van der Waals surface area contributed by atoms with Crippen LogP contribution in [-0.4, -0.2) is 23.3 Å². The average molecular weight is 397 g/mol. The first-order chi connectivity index (χ1) is 12.6. The molecule has 0 amide bonds. The van der Waals surface area contributed by atoms with Crippen LogP contribution in [0.3, 0.4) is 0 Å². The summed E-state index contributed by atoms with van der Waals surface area (Å²) in [5.41, 5.74) is 4.84. The third kappa shape index (κ3) is 2.93. The van der Waals surface area contributed by atoms with Crippen molar-refractivity contribution < 1.29 is 9.47 Å². The third-order valence-electron chi connectivity index (χ3n) is 6.37. The van der Waals surface area contributed by atoms with E-state index in [9.17, 15) is 0 Å². The Balaban J connectivity index is 1.96. The van der Waals surface area contributed by atoms with Crippen molar-refractivity contribution in [2.75, 3.05) is 7.11 Å². The van der Waals surface area contributed by atoms with E-state index in [1.54, 1.807) is 0 Å². The number of benzene rings is 2. The smallest absolute Gasteiger partial charge is 0.122 e. The van der Waals surface area contributed by atoms with Crippen LogP contribution in [0.15, 0.2) is 42.5 Å². The molecular formula is C23H32O2Si2. The second-order valence-corrected chi connectivity index (χ2v) is 20.6. The summed E-state index contributed by atoms with van der Waals surface area (Å²) in [6, 6.07) is 15.5. The largest absolute Gasteiger partial charge is 0.496 e. The van der Waals surface area contributed by atoms with E-state index in [2.05, 4.69) is 81.7 Å². The van der Waals surface area contributed by atoms with E-state index in [0.29, 0.717) is 11.5 Å². The summed E-state index contributed by atoms with van der Waals surface area (Å²) >= 11 is 0. The van der Waals surface area contributed by atoms with Gasteiger partial charge in [0, 0.05) is 5.92 Å². The molecule has 0 aliphatic carbocycles. The summed E-state index contributed by atoms with van der Waals surface area (Å²) < 4.78 is 12.6. The lowest BCUT2D eigenvalue weighted by Crippen LogP contribution is -2.44. The standard InChI is InChI=1S/C23H32O2Si2/c1-24-17-13-10-14-18(26(2,3)4)19(17)20-21-15-11-8-9-12-16(15)22(25-21)23(20)27(5,6)7/h8-14,20-23H,1-7H3. The summed E-state index contributed by atoms with van der Waals surface area (Å²) in [5, 5.41) is 1.53. The molecule has 2 aliphatic rings. The molecule has 4 heteroatoms. The van der Waals surface area contributed by atoms with Gasteiger partial charge in [0.05, 0.1) is 35.5 Å². The zero-order valence-corrected chi connectivity index (χ0v) is 19.7. The van der Waals surface area contributed by atoms with Crippen molar-refractivity contribution in [3.8, 4) is 5.75 Å². The Morgan fingerprint density at radius 2 is 1.44 bits per heavy atom. The molecule has 1 saturated heterocycles. The number of methoxy groups -OCH3 is 1. The highest BCUT2D eigenvalue weighted by molar-refractivity contribution is 6.89. The van der Waals surface area contributed by atoms with E-state index in [0.717, 1.165) is 5.75 Å². The maximum atomic E-state index is 6.71. The van der Waals surface area contributed by atoms with Crippen LogP contribution < -0.4 is 9.92 Å². The highest BCUT2D eigenvalue weighted by Crippen LogP contribution is 2.67. The molecule has 0 aromatic heterocycles. The van der Waals surface area contributed by atoms with Crippen molar-refractivity contribution in [3.63, 3.8) is 0 Å². The maximum absolute atomic E-state index is 6.71. The lowest BCUT2D eigenvalue weighted by molar-refractivity contribution is 0.0670. The zero-order valence-electron chi connectivity index (χ0n) is 17.7. The van der Waals surface area contributed by atoms with Gasteiger partial charge >= 0.3 is 0 Å². The maximum Gasteiger partial charge on any atom is 0.122 e. The van der Waals surface area contributed by atoms with Crippen LogP contribution in [0.5, 0.6) is 5.75 Å². The van der Waals surface area contributed by atoms with Crippen LogP contribution in [0.25, 0.3) is 0 Å². The predicted octanol–water partition coefficient (Wildman–Crippen LogP) is 5.86. The minimum absolute atomic E-state index is 0.161. The summed E-state index contributed by atoms with van der Waals surface area (Å²) in [6.07, 6.45) is 0.400. The summed E-state index contributed by atoms with van der Waals surface area (Å²) in [4.78, 5) is 0. The van der Waals surface area contributed by atoms with Gasteiger partial charge in [0.15, 0.2) is 0 Å². The lowest BCUT2D eigenvalue weighted by Gasteiger charge is -2.40. The first kappa shape index (κ1) is 19.0. The molecule has 2 aromatic carbocycles. The number of rotatable bonds is 4. The SMILES string of the molecule is COc1cccc([Si](C)(C)C)c1C1C2OC(c3ccccc32)C1[Si](C)(C)C. The highest BCUT2D eigenvalue weighted by atomic mass is 28.3. The molecule has 144 valence electrons. The van der Waals surface area contributed by atoms with Crippen LogP contribution in [0.1, 0.15) is 34.8 Å². The van der Waals surface area contributed by atoms with E-state index >= 15 is 0 Å². The number of hydrogen-bond acceptors (Lipinski definition) is 2. The monoisotopic (exact) mass is 396 g/mol. The molecule has 0 N–H and O–H groups in total. The molecule has 0 radical (unpaired) electrons. The van der Waals surface area contributed by atoms with Crippen molar-refractivity contribution in [1.82, 2.24) is 0 Å². The molecule has 1 fully saturated rings. The average Bonchev–Trinajstić information content (AvgIpc) is 3.17. The molecule has 4 atom stereocenters. The van der Waals surface area contributed by atoms with Gasteiger partial charge in [-0.25, -0.2) is 0 Å². The fourth-order valence-corrected chi connectivity index (χ4v) is 9.59. The highest BCUT2D eigenvalue weighted by Gasteiger charge is 2.57. The van der Waals surface area contributed by atoms with Gasteiger partial charge in [0.25, 0.3) is 0 Å². The molecule has 2 bridgehead atoms. The molecule has 4 rings (SSSR count). The van der Waals surface area contributed by atoms with Gasteiger partial charge in [-0.2, -0.15) is 0 Å². The molecule has 0 spiro atoms. The Morgan fingerprint density at radius 3 is 2.00 bits per heavy atom. The first-order valence-corrected chi connectivity index (χ1v) is 17.1. The van der Waals surface area contributed by atoms with Gasteiger partial charge in [-0.3, -0.25) is 0 Å². The molecule has 2 aromatic rings. The molecule has 0 saturated carbocycles. The molecule has 2 aliphatic heterocycles. The van der Waals surface area contributed by atoms with Crippen molar-refractivity contribution in [3.05, 3.63) is 59.2 Å². The molecular weight excluding hydrogens is 364 g/mol. The second-order valence-electron chi connectivity index (χ2n) is 10.2. The van der Waals surface area contributed by atoms with Gasteiger partial charge in [-0.15, -0.1) is 0 Å². The van der Waals surface area contributed by atoms with E-state index in [4.69, 9.17) is 9.47 Å². The van der Waals surface area contributed by atoms with Crippen molar-refractivity contribution >= 4 is 21.3 Å². The minimum Gasteiger partial charge on any atom is -0.496 e. The normalized spacial score (nSPS) is 26.9. The first-order valence-electron chi connectivity index (χ1n) is 10.1. The van der Waals surface area contributed by atoms with Gasteiger partial charge < -0.3 is 9.47 Å². The Kier molecular flexibility index (Phi) is 4.45. The second kappa shape index (κ2) is 6.33. The number of hydrogen-bond donors (Lipinski definition) is 0. The Labute approximate surface area is 165 Å². The van der Waals surface area contributed by atoms with E-state index in [1.165, 1.54) is 21.9 Å². The number of fused-ring (bicyclic) bond motifs is 5. The van der Waals surface area contributed by atoms with Crippen LogP contribution in [-0.2, 0) is 4.74 Å². The van der Waals surface area contributed by atoms with E-state index < -0.39 is 16.1 Å². The summed E-state index contributed by atoms with van der Waals surface area (Å²) in [6.45, 7) is 14.8. The van der Waals surface area contributed by atoms with Crippen molar-refractivity contribution in [1.29, 1.82) is 0 Å². The van der Waals surface area contributed by atoms with Crippen LogP contribution in [0.2, 0.25) is 44.8 Å². The van der Waals surface area contributed by atoms with Gasteiger partial charge in [-0.1, -0.05) is 80.9 Å². The Morgan fingerprint density at radius 1 is 0.815 bits per heavy atom. The molecule has 4 unspecified atom stereocenters. The Bertz CT molecular complexity index is 863. The zero-order chi connectivity index (χ0) is 19.6. The van der Waals surface area contributed by atoms with Crippen LogP contribution >= 0.6 is 0 Å². The summed E-state index contributed by atoms with van der Waals surface area (Å²) in [5.74, 6) is 1.45. The molecule has 2 heterocycles. The van der Waals surface area contributed by atoms with Crippen LogP contribution in [0, 0.1) is 0 Å². The topological polar surface area (TPSA) is 18.5 Å². The van der Waals surface area contributed by atoms with Crippen molar-refractivity contribution in [2.24, 2.45) is 0 Å². The predicted molar refractivity (Wildman–Crippen MR) is 119 cm³/mol. The van der Waals surface area contributed by atoms with Gasteiger partial charge in [0.2, 0.25) is 0 Å². The van der Waals surface area contributed by atoms with Gasteiger partial charge in [-0.05, 0) is 28.3 Å². The molecule has 27 heavy (non-hydrogen) atoms. The fraction of sp³-hybridized carbons (Fsp3) is 0.478. The van der Waals surface area contributed by atoms with Crippen molar-refractivity contribution in [2.45, 2.75) is 62.9 Å².